The summed E-state index contributed by atoms with van der Waals surface area (Å²) >= 11 is 0. The normalized spacial score (nSPS) is 11.4. The van der Waals surface area contributed by atoms with Gasteiger partial charge in [-0.15, -0.1) is 5.10 Å². The Bertz CT molecular complexity index is 1000. The molecule has 0 fully saturated rings. The van der Waals surface area contributed by atoms with Crippen LogP contribution in [-0.2, 0) is 16.6 Å². The Labute approximate surface area is 142 Å². The van der Waals surface area contributed by atoms with Crippen LogP contribution in [0.5, 0.6) is 0 Å². The summed E-state index contributed by atoms with van der Waals surface area (Å²) in [4.78, 5) is 9.85. The first-order chi connectivity index (χ1) is 12.0. The fraction of sp³-hybridized carbons (Fsp3) is 0.0714. The number of nitrogens with one attached hydrogen (secondary N) is 1. The lowest BCUT2D eigenvalue weighted by Crippen LogP contribution is -2.25. The molecule has 1 N–H and O–H groups in total. The second kappa shape index (κ2) is 6.75. The van der Waals surface area contributed by atoms with E-state index in [2.05, 4.69) is 20.2 Å². The molecule has 10 nitrogen and oxygen atoms in total. The third kappa shape index (κ3) is 3.51. The molecule has 0 atom stereocenters. The molecule has 0 bridgehead atoms. The van der Waals surface area contributed by atoms with Gasteiger partial charge in [-0.1, -0.05) is 30.3 Å². The molecule has 0 unspecified atom stereocenters. The Hall–Kier alpha value is -3.18. The van der Waals surface area contributed by atoms with Gasteiger partial charge in [-0.05, 0) is 28.6 Å². The van der Waals surface area contributed by atoms with Gasteiger partial charge in [0.25, 0.3) is 5.69 Å². The van der Waals surface area contributed by atoms with Crippen molar-refractivity contribution in [1.82, 2.24) is 24.9 Å². The van der Waals surface area contributed by atoms with Crippen molar-refractivity contribution in [2.75, 3.05) is 0 Å². The van der Waals surface area contributed by atoms with Gasteiger partial charge in [-0.25, -0.2) is 13.1 Å². The molecule has 25 heavy (non-hydrogen) atoms. The minimum atomic E-state index is -4.11. The lowest BCUT2D eigenvalue weighted by Gasteiger charge is -2.07. The highest BCUT2D eigenvalue weighted by atomic mass is 32.2. The number of hydrogen-bond acceptors (Lipinski definition) is 7. The Kier molecular flexibility index (Phi) is 4.50. The number of para-hydroxylation sites is 2. The molecular formula is C14H12N6O4S. The summed E-state index contributed by atoms with van der Waals surface area (Å²) in [6, 6.07) is 14.0. The predicted octanol–water partition coefficient (Wildman–Crippen LogP) is 1.05. The molecular weight excluding hydrogens is 348 g/mol. The van der Waals surface area contributed by atoms with E-state index in [0.29, 0.717) is 5.69 Å². The van der Waals surface area contributed by atoms with Crippen molar-refractivity contribution in [1.29, 1.82) is 0 Å². The highest BCUT2D eigenvalue weighted by molar-refractivity contribution is 7.89. The fourth-order valence-electron chi connectivity index (χ4n) is 2.16. The number of tetrazole rings is 1. The van der Waals surface area contributed by atoms with Gasteiger partial charge in [-0.2, -0.15) is 4.68 Å². The molecule has 0 aliphatic rings. The smallest absolute Gasteiger partial charge is 0.258 e. The van der Waals surface area contributed by atoms with Crippen LogP contribution in [0.1, 0.15) is 5.82 Å². The molecule has 11 heteroatoms. The van der Waals surface area contributed by atoms with Crippen LogP contribution in [0.25, 0.3) is 5.69 Å². The zero-order chi connectivity index (χ0) is 17.9. The molecule has 0 radical (unpaired) electrons. The molecule has 0 spiro atoms. The first-order valence-corrected chi connectivity index (χ1v) is 8.53. The largest absolute Gasteiger partial charge is 0.289 e. The van der Waals surface area contributed by atoms with E-state index in [1.165, 1.54) is 22.9 Å². The number of benzene rings is 2. The zero-order valence-electron chi connectivity index (χ0n) is 12.7. The number of aromatic nitrogens is 4. The van der Waals surface area contributed by atoms with Crippen molar-refractivity contribution in [3.8, 4) is 5.69 Å². The van der Waals surface area contributed by atoms with Crippen LogP contribution in [0.15, 0.2) is 59.5 Å². The minimum absolute atomic E-state index is 0.226. The molecule has 3 rings (SSSR count). The molecule has 0 amide bonds. The van der Waals surface area contributed by atoms with E-state index < -0.39 is 25.5 Å². The van der Waals surface area contributed by atoms with Crippen LogP contribution in [-0.4, -0.2) is 33.5 Å². The van der Waals surface area contributed by atoms with Crippen LogP contribution in [0.3, 0.4) is 0 Å². The summed E-state index contributed by atoms with van der Waals surface area (Å²) in [7, 11) is -4.11. The highest BCUT2D eigenvalue weighted by Crippen LogP contribution is 2.22. The molecule has 0 saturated heterocycles. The van der Waals surface area contributed by atoms with Gasteiger partial charge < -0.3 is 0 Å². The van der Waals surface area contributed by atoms with Crippen LogP contribution < -0.4 is 4.72 Å². The Balaban J connectivity index is 1.86. The Morgan fingerprint density at radius 1 is 1.08 bits per heavy atom. The molecule has 2 aromatic carbocycles. The Morgan fingerprint density at radius 2 is 1.76 bits per heavy atom. The lowest BCUT2D eigenvalue weighted by molar-refractivity contribution is -0.387. The molecule has 1 heterocycles. The van der Waals surface area contributed by atoms with E-state index in [4.69, 9.17) is 0 Å². The molecule has 0 aliphatic carbocycles. The van der Waals surface area contributed by atoms with Gasteiger partial charge in [0.1, 0.15) is 0 Å². The van der Waals surface area contributed by atoms with Crippen molar-refractivity contribution in [3.05, 3.63) is 70.5 Å². The van der Waals surface area contributed by atoms with Crippen LogP contribution in [0, 0.1) is 10.1 Å². The third-order valence-electron chi connectivity index (χ3n) is 3.31. The van der Waals surface area contributed by atoms with Gasteiger partial charge in [0.15, 0.2) is 10.7 Å². The van der Waals surface area contributed by atoms with E-state index in [0.717, 1.165) is 6.07 Å². The van der Waals surface area contributed by atoms with E-state index >= 15 is 0 Å². The summed E-state index contributed by atoms with van der Waals surface area (Å²) in [6.07, 6.45) is 0. The maximum absolute atomic E-state index is 12.4. The molecule has 0 saturated carbocycles. The minimum Gasteiger partial charge on any atom is -0.258 e. The van der Waals surface area contributed by atoms with Crippen LogP contribution in [0.2, 0.25) is 0 Å². The average molecular weight is 360 g/mol. The number of rotatable bonds is 6. The molecule has 1 aromatic heterocycles. The van der Waals surface area contributed by atoms with Gasteiger partial charge in [0.2, 0.25) is 10.0 Å². The maximum atomic E-state index is 12.4. The quantitative estimate of drug-likeness (QED) is 0.513. The molecule has 3 aromatic rings. The summed E-state index contributed by atoms with van der Waals surface area (Å²) in [5, 5.41) is 22.2. The van der Waals surface area contributed by atoms with Crippen molar-refractivity contribution in [3.63, 3.8) is 0 Å². The van der Waals surface area contributed by atoms with Crippen LogP contribution in [0.4, 0.5) is 5.69 Å². The SMILES string of the molecule is O=[N+]([O-])c1ccccc1S(=O)(=O)NCc1nnnn1-c1ccccc1. The maximum Gasteiger partial charge on any atom is 0.289 e. The van der Waals surface area contributed by atoms with Gasteiger partial charge in [0, 0.05) is 6.07 Å². The van der Waals surface area contributed by atoms with Crippen molar-refractivity contribution >= 4 is 15.7 Å². The second-order valence-electron chi connectivity index (χ2n) is 4.89. The fourth-order valence-corrected chi connectivity index (χ4v) is 3.31. The summed E-state index contributed by atoms with van der Waals surface area (Å²) < 4.78 is 28.5. The topological polar surface area (TPSA) is 133 Å². The molecule has 0 aliphatic heterocycles. The predicted molar refractivity (Wildman–Crippen MR) is 86.3 cm³/mol. The number of nitro groups is 1. The summed E-state index contributed by atoms with van der Waals surface area (Å²) in [5.74, 6) is 0.244. The van der Waals surface area contributed by atoms with E-state index in [1.54, 1.807) is 24.3 Å². The first kappa shape index (κ1) is 16.7. The van der Waals surface area contributed by atoms with Crippen molar-refractivity contribution in [2.24, 2.45) is 0 Å². The Morgan fingerprint density at radius 3 is 2.48 bits per heavy atom. The number of sulfonamides is 1. The number of nitro benzene ring substituents is 1. The number of hydrogen-bond donors (Lipinski definition) is 1. The number of nitrogens with zero attached hydrogens (tertiary/aromatic N) is 5. The molecule has 128 valence electrons. The highest BCUT2D eigenvalue weighted by Gasteiger charge is 2.25. The first-order valence-electron chi connectivity index (χ1n) is 7.05. The lowest BCUT2D eigenvalue weighted by atomic mass is 10.3. The summed E-state index contributed by atoms with van der Waals surface area (Å²) in [5.41, 5.74) is 0.157. The van der Waals surface area contributed by atoms with Gasteiger partial charge >= 0.3 is 0 Å². The van der Waals surface area contributed by atoms with Crippen molar-refractivity contribution in [2.45, 2.75) is 11.4 Å². The average Bonchev–Trinajstić information content (AvgIpc) is 3.09. The van der Waals surface area contributed by atoms with Gasteiger partial charge in [0.05, 0.1) is 17.2 Å². The zero-order valence-corrected chi connectivity index (χ0v) is 13.5. The monoisotopic (exact) mass is 360 g/mol. The second-order valence-corrected chi connectivity index (χ2v) is 6.63. The van der Waals surface area contributed by atoms with E-state index in [9.17, 15) is 18.5 Å². The van der Waals surface area contributed by atoms with Crippen molar-refractivity contribution < 1.29 is 13.3 Å². The van der Waals surface area contributed by atoms with Crippen LogP contribution >= 0.6 is 0 Å². The van der Waals surface area contributed by atoms with Gasteiger partial charge in [-0.3, -0.25) is 10.1 Å². The standard InChI is InChI=1S/C14H12N6O4S/c21-20(22)12-8-4-5-9-13(12)25(23,24)15-10-14-16-17-18-19(14)11-6-2-1-3-7-11/h1-9,15H,10H2. The van der Waals surface area contributed by atoms with E-state index in [-0.39, 0.29) is 12.4 Å². The summed E-state index contributed by atoms with van der Waals surface area (Å²) in [6.45, 7) is -0.226. The van der Waals surface area contributed by atoms with E-state index in [1.807, 2.05) is 6.07 Å². The third-order valence-corrected chi connectivity index (χ3v) is 4.76.